The van der Waals surface area contributed by atoms with Crippen LogP contribution in [0.15, 0.2) is 47.7 Å². The average Bonchev–Trinajstić information content (AvgIpc) is 2.93. The van der Waals surface area contributed by atoms with Crippen molar-refractivity contribution in [2.45, 2.75) is 5.54 Å². The lowest BCUT2D eigenvalue weighted by Gasteiger charge is -2.30. The molecule has 3 rings (SSSR count). The first-order chi connectivity index (χ1) is 9.22. The molecule has 1 aliphatic rings. The van der Waals surface area contributed by atoms with E-state index in [2.05, 4.69) is 15.3 Å². The van der Waals surface area contributed by atoms with E-state index in [9.17, 15) is 0 Å². The zero-order valence-corrected chi connectivity index (χ0v) is 11.5. The van der Waals surface area contributed by atoms with Crippen molar-refractivity contribution in [3.63, 3.8) is 0 Å². The van der Waals surface area contributed by atoms with Crippen LogP contribution in [0.5, 0.6) is 0 Å². The molecule has 2 heterocycles. The third kappa shape index (κ3) is 2.09. The maximum Gasteiger partial charge on any atom is 0.109 e. The van der Waals surface area contributed by atoms with Gasteiger partial charge in [-0.25, -0.2) is 0 Å². The van der Waals surface area contributed by atoms with Crippen LogP contribution in [0.2, 0.25) is 10.0 Å². The van der Waals surface area contributed by atoms with E-state index in [4.69, 9.17) is 23.2 Å². The molecule has 19 heavy (non-hydrogen) atoms. The monoisotopic (exact) mass is 291 g/mol. The molecule has 1 atom stereocenters. The molecular formula is C14H11Cl2N3. The number of aliphatic imine (C=N–C) groups is 1. The third-order valence-corrected chi connectivity index (χ3v) is 4.06. The number of benzene rings is 1. The minimum atomic E-state index is -0.392. The largest absolute Gasteiger partial charge is 0.361 e. The zero-order chi connectivity index (χ0) is 13.3. The molecule has 0 amide bonds. The fourth-order valence-corrected chi connectivity index (χ4v) is 2.60. The van der Waals surface area contributed by atoms with E-state index in [0.29, 0.717) is 16.6 Å². The second-order valence-corrected chi connectivity index (χ2v) is 5.20. The summed E-state index contributed by atoms with van der Waals surface area (Å²) in [7, 11) is 0. The molecule has 0 aliphatic carbocycles. The first-order valence-corrected chi connectivity index (χ1v) is 6.60. The van der Waals surface area contributed by atoms with Gasteiger partial charge in [0.15, 0.2) is 0 Å². The van der Waals surface area contributed by atoms with Crippen LogP contribution in [-0.2, 0) is 5.54 Å². The molecule has 1 aliphatic heterocycles. The van der Waals surface area contributed by atoms with Gasteiger partial charge >= 0.3 is 0 Å². The number of nitrogens with zero attached hydrogens (tertiary/aromatic N) is 2. The van der Waals surface area contributed by atoms with E-state index in [1.807, 2.05) is 30.3 Å². The van der Waals surface area contributed by atoms with Gasteiger partial charge in [-0.3, -0.25) is 9.98 Å². The van der Waals surface area contributed by atoms with Crippen LogP contribution in [0, 0.1) is 0 Å². The van der Waals surface area contributed by atoms with Crippen LogP contribution in [-0.4, -0.2) is 17.9 Å². The summed E-state index contributed by atoms with van der Waals surface area (Å²) in [6.45, 7) is 0.620. The highest BCUT2D eigenvalue weighted by molar-refractivity contribution is 6.42. The van der Waals surface area contributed by atoms with E-state index in [-0.39, 0.29) is 0 Å². The molecule has 0 radical (unpaired) electrons. The van der Waals surface area contributed by atoms with Crippen LogP contribution in [0.1, 0.15) is 11.1 Å². The summed E-state index contributed by atoms with van der Waals surface area (Å²) >= 11 is 12.1. The summed E-state index contributed by atoms with van der Waals surface area (Å²) in [6, 6.07) is 9.61. The summed E-state index contributed by atoms with van der Waals surface area (Å²) in [5.41, 5.74) is 1.74. The van der Waals surface area contributed by atoms with Gasteiger partial charge in [0.2, 0.25) is 0 Å². The Morgan fingerprint density at radius 1 is 1.00 bits per heavy atom. The van der Waals surface area contributed by atoms with Crippen molar-refractivity contribution in [3.8, 4) is 0 Å². The number of hydrogen-bond acceptors (Lipinski definition) is 3. The van der Waals surface area contributed by atoms with Gasteiger partial charge in [0.25, 0.3) is 0 Å². The second-order valence-electron chi connectivity index (χ2n) is 4.38. The minimum Gasteiger partial charge on any atom is -0.361 e. The summed E-state index contributed by atoms with van der Waals surface area (Å²) < 4.78 is 0. The lowest BCUT2D eigenvalue weighted by molar-refractivity contribution is 0.526. The van der Waals surface area contributed by atoms with Crippen molar-refractivity contribution in [2.75, 3.05) is 6.54 Å². The van der Waals surface area contributed by atoms with E-state index in [1.54, 1.807) is 18.7 Å². The summed E-state index contributed by atoms with van der Waals surface area (Å²) in [4.78, 5) is 8.37. The summed E-state index contributed by atoms with van der Waals surface area (Å²) in [6.07, 6.45) is 5.27. The standard InChI is InChI=1S/C14H11Cl2N3/c15-12-2-1-11(7-13(12)16)14(8-18-9-19-14)10-3-5-17-6-4-10/h1-7,9H,8H2,(H,18,19). The predicted octanol–water partition coefficient (Wildman–Crippen LogP) is 3.26. The number of nitrogens with one attached hydrogen (secondary N) is 1. The number of pyridine rings is 1. The highest BCUT2D eigenvalue weighted by atomic mass is 35.5. The first kappa shape index (κ1) is 12.5. The Kier molecular flexibility index (Phi) is 3.17. The van der Waals surface area contributed by atoms with Crippen LogP contribution >= 0.6 is 23.2 Å². The molecule has 0 bridgehead atoms. The summed E-state index contributed by atoms with van der Waals surface area (Å²) in [5, 5.41) is 4.42. The third-order valence-electron chi connectivity index (χ3n) is 3.32. The molecule has 1 aromatic heterocycles. The van der Waals surface area contributed by atoms with Crippen molar-refractivity contribution in [2.24, 2.45) is 4.99 Å². The van der Waals surface area contributed by atoms with Gasteiger partial charge in [0.1, 0.15) is 5.54 Å². The SMILES string of the molecule is Clc1ccc(C2(c3ccncc3)CN=CN2)cc1Cl. The van der Waals surface area contributed by atoms with Crippen LogP contribution in [0.3, 0.4) is 0 Å². The molecule has 0 saturated carbocycles. The maximum absolute atomic E-state index is 6.13. The van der Waals surface area contributed by atoms with E-state index in [0.717, 1.165) is 11.1 Å². The van der Waals surface area contributed by atoms with Crippen LogP contribution in [0.4, 0.5) is 0 Å². The Hall–Kier alpha value is -1.58. The fourth-order valence-electron chi connectivity index (χ4n) is 2.30. The van der Waals surface area contributed by atoms with Gasteiger partial charge in [-0.05, 0) is 35.4 Å². The molecule has 96 valence electrons. The topological polar surface area (TPSA) is 37.3 Å². The number of aromatic nitrogens is 1. The Bertz CT molecular complexity index is 618. The van der Waals surface area contributed by atoms with Crippen molar-refractivity contribution < 1.29 is 0 Å². The molecule has 1 unspecified atom stereocenters. The number of rotatable bonds is 2. The fraction of sp³-hybridized carbons (Fsp3) is 0.143. The highest BCUT2D eigenvalue weighted by Gasteiger charge is 2.36. The van der Waals surface area contributed by atoms with E-state index in [1.165, 1.54) is 0 Å². The quantitative estimate of drug-likeness (QED) is 0.922. The molecule has 2 aromatic rings. The van der Waals surface area contributed by atoms with Gasteiger partial charge in [-0.2, -0.15) is 0 Å². The lowest BCUT2D eigenvalue weighted by Crippen LogP contribution is -2.41. The van der Waals surface area contributed by atoms with Crippen molar-refractivity contribution >= 4 is 29.5 Å². The van der Waals surface area contributed by atoms with Gasteiger partial charge in [0.05, 0.1) is 22.9 Å². The predicted molar refractivity (Wildman–Crippen MR) is 78.0 cm³/mol. The Morgan fingerprint density at radius 3 is 2.42 bits per heavy atom. The first-order valence-electron chi connectivity index (χ1n) is 5.84. The Morgan fingerprint density at radius 2 is 1.79 bits per heavy atom. The van der Waals surface area contributed by atoms with Gasteiger partial charge in [-0.15, -0.1) is 0 Å². The second kappa shape index (κ2) is 4.83. The molecule has 1 aromatic carbocycles. The van der Waals surface area contributed by atoms with Crippen molar-refractivity contribution in [3.05, 3.63) is 63.9 Å². The van der Waals surface area contributed by atoms with E-state index >= 15 is 0 Å². The number of halogens is 2. The normalized spacial score (nSPS) is 21.4. The molecule has 0 fully saturated rings. The average molecular weight is 292 g/mol. The van der Waals surface area contributed by atoms with Crippen LogP contribution in [0.25, 0.3) is 0 Å². The number of hydrogen-bond donors (Lipinski definition) is 1. The maximum atomic E-state index is 6.13. The molecular weight excluding hydrogens is 281 g/mol. The molecule has 3 nitrogen and oxygen atoms in total. The van der Waals surface area contributed by atoms with Crippen LogP contribution < -0.4 is 5.32 Å². The van der Waals surface area contributed by atoms with E-state index < -0.39 is 5.54 Å². The molecule has 0 saturated heterocycles. The Balaban J connectivity index is 2.13. The van der Waals surface area contributed by atoms with Gasteiger partial charge < -0.3 is 5.32 Å². The minimum absolute atomic E-state index is 0.392. The highest BCUT2D eigenvalue weighted by Crippen LogP contribution is 2.34. The zero-order valence-electron chi connectivity index (χ0n) is 9.98. The molecule has 0 spiro atoms. The smallest absolute Gasteiger partial charge is 0.109 e. The summed E-state index contributed by atoms with van der Waals surface area (Å²) in [5.74, 6) is 0. The van der Waals surface area contributed by atoms with Gasteiger partial charge in [0, 0.05) is 12.4 Å². The van der Waals surface area contributed by atoms with Crippen molar-refractivity contribution in [1.82, 2.24) is 10.3 Å². The lowest BCUT2D eigenvalue weighted by atomic mass is 9.84. The molecule has 1 N–H and O–H groups in total. The Labute approximate surface area is 121 Å². The molecule has 5 heteroatoms. The van der Waals surface area contributed by atoms with Crippen molar-refractivity contribution in [1.29, 1.82) is 0 Å². The van der Waals surface area contributed by atoms with Gasteiger partial charge in [-0.1, -0.05) is 29.3 Å².